The smallest absolute Gasteiger partial charge is 0.315 e. The van der Waals surface area contributed by atoms with Crippen molar-refractivity contribution in [2.45, 2.75) is 39.8 Å². The van der Waals surface area contributed by atoms with Gasteiger partial charge in [0.1, 0.15) is 5.82 Å². The Morgan fingerprint density at radius 2 is 2.13 bits per heavy atom. The topological polar surface area (TPSA) is 82.7 Å². The van der Waals surface area contributed by atoms with Gasteiger partial charge in [0.15, 0.2) is 5.82 Å². The third-order valence-corrected chi connectivity index (χ3v) is 1.54. The molecular weight excluding hydrogens is 194 g/mol. The monoisotopic (exact) mass is 211 g/mol. The second-order valence-electron chi connectivity index (χ2n) is 4.39. The van der Waals surface area contributed by atoms with Crippen molar-refractivity contribution in [1.29, 1.82) is 0 Å². The van der Waals surface area contributed by atoms with Crippen LogP contribution < -0.4 is 10.6 Å². The summed E-state index contributed by atoms with van der Waals surface area (Å²) in [7, 11) is 0. The van der Waals surface area contributed by atoms with Gasteiger partial charge in [-0.15, -0.1) is 0 Å². The highest BCUT2D eigenvalue weighted by atomic mass is 16.2. The van der Waals surface area contributed by atoms with Gasteiger partial charge >= 0.3 is 6.03 Å². The van der Waals surface area contributed by atoms with Crippen LogP contribution >= 0.6 is 0 Å². The largest absolute Gasteiger partial charge is 0.334 e. The quantitative estimate of drug-likeness (QED) is 0.673. The molecule has 0 radical (unpaired) electrons. The SMILES string of the molecule is Cc1nc(CNC(=O)NC(C)(C)C)n[nH]1. The third-order valence-electron chi connectivity index (χ3n) is 1.54. The molecule has 0 spiro atoms. The molecule has 84 valence electrons. The zero-order valence-corrected chi connectivity index (χ0v) is 9.51. The van der Waals surface area contributed by atoms with Gasteiger partial charge in [0.2, 0.25) is 0 Å². The summed E-state index contributed by atoms with van der Waals surface area (Å²) in [6.07, 6.45) is 0. The fraction of sp³-hybridized carbons (Fsp3) is 0.667. The number of aromatic nitrogens is 3. The number of aryl methyl sites for hydroxylation is 1. The lowest BCUT2D eigenvalue weighted by atomic mass is 10.1. The van der Waals surface area contributed by atoms with Crippen molar-refractivity contribution >= 4 is 6.03 Å². The number of rotatable bonds is 2. The maximum Gasteiger partial charge on any atom is 0.315 e. The van der Waals surface area contributed by atoms with Crippen molar-refractivity contribution in [1.82, 2.24) is 25.8 Å². The Kier molecular flexibility index (Phi) is 3.28. The van der Waals surface area contributed by atoms with Gasteiger partial charge in [-0.05, 0) is 27.7 Å². The molecule has 15 heavy (non-hydrogen) atoms. The summed E-state index contributed by atoms with van der Waals surface area (Å²) in [5, 5.41) is 12.1. The van der Waals surface area contributed by atoms with E-state index in [1.807, 2.05) is 27.7 Å². The van der Waals surface area contributed by atoms with Crippen LogP contribution in [0, 0.1) is 6.92 Å². The van der Waals surface area contributed by atoms with Crippen LogP contribution in [0.5, 0.6) is 0 Å². The highest BCUT2D eigenvalue weighted by Crippen LogP contribution is 1.97. The lowest BCUT2D eigenvalue weighted by Gasteiger charge is -2.20. The Morgan fingerprint density at radius 1 is 1.47 bits per heavy atom. The molecule has 0 atom stereocenters. The first-order chi connectivity index (χ1) is 6.87. The number of amides is 2. The van der Waals surface area contributed by atoms with E-state index in [1.54, 1.807) is 0 Å². The van der Waals surface area contributed by atoms with Crippen molar-refractivity contribution in [3.63, 3.8) is 0 Å². The van der Waals surface area contributed by atoms with Gasteiger partial charge in [0.05, 0.1) is 6.54 Å². The lowest BCUT2D eigenvalue weighted by Crippen LogP contribution is -2.46. The van der Waals surface area contributed by atoms with E-state index in [0.29, 0.717) is 12.4 Å². The van der Waals surface area contributed by atoms with Gasteiger partial charge in [-0.2, -0.15) is 5.10 Å². The molecule has 3 N–H and O–H groups in total. The number of aromatic amines is 1. The number of hydrogen-bond donors (Lipinski definition) is 3. The van der Waals surface area contributed by atoms with Gasteiger partial charge in [-0.3, -0.25) is 5.10 Å². The van der Waals surface area contributed by atoms with Crippen LogP contribution in [0.25, 0.3) is 0 Å². The highest BCUT2D eigenvalue weighted by molar-refractivity contribution is 5.74. The van der Waals surface area contributed by atoms with Gasteiger partial charge in [-0.25, -0.2) is 9.78 Å². The predicted molar refractivity (Wildman–Crippen MR) is 56.2 cm³/mol. The summed E-state index contributed by atoms with van der Waals surface area (Å²) in [5.41, 5.74) is -0.237. The van der Waals surface area contributed by atoms with Crippen LogP contribution in [-0.2, 0) is 6.54 Å². The molecule has 1 aromatic rings. The Balaban J connectivity index is 2.35. The number of carbonyl (C=O) groups excluding carboxylic acids is 1. The number of hydrogen-bond acceptors (Lipinski definition) is 3. The van der Waals surface area contributed by atoms with E-state index >= 15 is 0 Å². The summed E-state index contributed by atoms with van der Waals surface area (Å²) < 4.78 is 0. The molecule has 1 heterocycles. The van der Waals surface area contributed by atoms with Crippen LogP contribution in [0.15, 0.2) is 0 Å². The van der Waals surface area contributed by atoms with Crippen LogP contribution in [0.4, 0.5) is 4.79 Å². The van der Waals surface area contributed by atoms with Crippen molar-refractivity contribution in [2.75, 3.05) is 0 Å². The molecular formula is C9H17N5O. The minimum Gasteiger partial charge on any atom is -0.334 e. The molecule has 0 aliphatic heterocycles. The van der Waals surface area contributed by atoms with Crippen molar-refractivity contribution in [3.8, 4) is 0 Å². The first-order valence-corrected chi connectivity index (χ1v) is 4.81. The second-order valence-corrected chi connectivity index (χ2v) is 4.39. The molecule has 0 unspecified atom stereocenters. The van der Waals surface area contributed by atoms with Gasteiger partial charge in [0, 0.05) is 5.54 Å². The Bertz CT molecular complexity index is 339. The minimum atomic E-state index is -0.237. The van der Waals surface area contributed by atoms with E-state index in [2.05, 4.69) is 25.8 Å². The molecule has 0 fully saturated rings. The van der Waals surface area contributed by atoms with Crippen molar-refractivity contribution in [2.24, 2.45) is 0 Å². The zero-order valence-electron chi connectivity index (χ0n) is 9.51. The summed E-state index contributed by atoms with van der Waals surface area (Å²) in [4.78, 5) is 15.4. The second kappa shape index (κ2) is 4.29. The first kappa shape index (κ1) is 11.5. The molecule has 0 saturated heterocycles. The first-order valence-electron chi connectivity index (χ1n) is 4.81. The molecule has 0 saturated carbocycles. The highest BCUT2D eigenvalue weighted by Gasteiger charge is 2.13. The third kappa shape index (κ3) is 4.44. The number of urea groups is 1. The lowest BCUT2D eigenvalue weighted by molar-refractivity contribution is 0.231. The summed E-state index contributed by atoms with van der Waals surface area (Å²) in [6, 6.07) is -0.218. The Morgan fingerprint density at radius 3 is 2.60 bits per heavy atom. The molecule has 0 aliphatic rings. The van der Waals surface area contributed by atoms with E-state index in [-0.39, 0.29) is 11.6 Å². The van der Waals surface area contributed by atoms with E-state index in [9.17, 15) is 4.79 Å². The molecule has 0 bridgehead atoms. The predicted octanol–water partition coefficient (Wildman–Crippen LogP) is 0.711. The zero-order chi connectivity index (χ0) is 11.5. The van der Waals surface area contributed by atoms with Gasteiger partial charge in [0.25, 0.3) is 0 Å². The maximum absolute atomic E-state index is 11.4. The van der Waals surface area contributed by atoms with Gasteiger partial charge < -0.3 is 10.6 Å². The van der Waals surface area contributed by atoms with Crippen LogP contribution in [-0.4, -0.2) is 26.8 Å². The molecule has 1 rings (SSSR count). The molecule has 6 heteroatoms. The van der Waals surface area contributed by atoms with E-state index in [1.165, 1.54) is 0 Å². The number of nitrogens with one attached hydrogen (secondary N) is 3. The number of carbonyl (C=O) groups is 1. The molecule has 0 aromatic carbocycles. The summed E-state index contributed by atoms with van der Waals surface area (Å²) in [6.45, 7) is 7.90. The fourth-order valence-corrected chi connectivity index (χ4v) is 1.01. The molecule has 2 amide bonds. The minimum absolute atomic E-state index is 0.218. The van der Waals surface area contributed by atoms with E-state index < -0.39 is 0 Å². The Labute approximate surface area is 88.9 Å². The number of nitrogens with zero attached hydrogens (tertiary/aromatic N) is 2. The van der Waals surface area contributed by atoms with Crippen LogP contribution in [0.3, 0.4) is 0 Å². The van der Waals surface area contributed by atoms with Crippen LogP contribution in [0.1, 0.15) is 32.4 Å². The van der Waals surface area contributed by atoms with Crippen LogP contribution in [0.2, 0.25) is 0 Å². The van der Waals surface area contributed by atoms with E-state index in [0.717, 1.165) is 5.82 Å². The average Bonchev–Trinajstić information content (AvgIpc) is 2.45. The van der Waals surface area contributed by atoms with E-state index in [4.69, 9.17) is 0 Å². The maximum atomic E-state index is 11.4. The normalized spacial score (nSPS) is 11.2. The average molecular weight is 211 g/mol. The summed E-state index contributed by atoms with van der Waals surface area (Å²) in [5.74, 6) is 1.32. The number of H-pyrrole nitrogens is 1. The molecule has 0 aliphatic carbocycles. The van der Waals surface area contributed by atoms with Gasteiger partial charge in [-0.1, -0.05) is 0 Å². The standard InChI is InChI=1S/C9H17N5O/c1-6-11-7(14-13-6)5-10-8(15)12-9(2,3)4/h5H2,1-4H3,(H2,10,12,15)(H,11,13,14). The molecule has 6 nitrogen and oxygen atoms in total. The van der Waals surface area contributed by atoms with Crippen molar-refractivity contribution < 1.29 is 4.79 Å². The van der Waals surface area contributed by atoms with Crippen molar-refractivity contribution in [3.05, 3.63) is 11.6 Å². The summed E-state index contributed by atoms with van der Waals surface area (Å²) >= 11 is 0. The fourth-order valence-electron chi connectivity index (χ4n) is 1.01. The Hall–Kier alpha value is -1.59. The molecule has 1 aromatic heterocycles.